The molecule has 2 rings (SSSR count). The van der Waals surface area contributed by atoms with Crippen LogP contribution in [0.4, 0.5) is 0 Å². The predicted octanol–water partition coefficient (Wildman–Crippen LogP) is 2.75. The van der Waals surface area contributed by atoms with Crippen molar-refractivity contribution in [1.82, 2.24) is 4.90 Å². The lowest BCUT2D eigenvalue weighted by atomic mass is 9.73. The molecule has 0 aromatic heterocycles. The average molecular weight is 210 g/mol. The first-order valence-corrected chi connectivity index (χ1v) is 6.24. The van der Waals surface area contributed by atoms with Crippen LogP contribution in [0.2, 0.25) is 0 Å². The number of nitrogens with two attached hydrogens (primary N) is 1. The van der Waals surface area contributed by atoms with Crippen LogP contribution in [0.25, 0.3) is 0 Å². The third kappa shape index (κ3) is 2.75. The number of rotatable bonds is 0. The molecular weight excluding hydrogens is 184 g/mol. The van der Waals surface area contributed by atoms with E-state index in [0.29, 0.717) is 5.41 Å². The van der Waals surface area contributed by atoms with Crippen molar-refractivity contribution >= 4 is 0 Å². The minimum Gasteiger partial charge on any atom is -0.402 e. The van der Waals surface area contributed by atoms with Gasteiger partial charge in [0.05, 0.1) is 0 Å². The Morgan fingerprint density at radius 1 is 1.27 bits per heavy atom. The molecule has 2 heteroatoms. The Morgan fingerprint density at radius 3 is 2.40 bits per heavy atom. The Hall–Kier alpha value is -0.500. The van der Waals surface area contributed by atoms with Gasteiger partial charge in [-0.25, -0.2) is 0 Å². The molecule has 0 aromatic carbocycles. The molecule has 0 aromatic rings. The lowest BCUT2D eigenvalue weighted by molar-refractivity contribution is 0.245. The maximum atomic E-state index is 5.93. The van der Waals surface area contributed by atoms with Crippen LogP contribution in [-0.2, 0) is 0 Å². The predicted molar refractivity (Wildman–Crippen MR) is 66.6 cm³/mol. The molecule has 2 nitrogen and oxygen atoms in total. The van der Waals surface area contributed by atoms with Crippen molar-refractivity contribution in [2.24, 2.45) is 11.1 Å². The zero-order valence-corrected chi connectivity index (χ0v) is 10.8. The van der Waals surface area contributed by atoms with Crippen LogP contribution in [0.5, 0.6) is 0 Å². The van der Waals surface area contributed by atoms with Gasteiger partial charge in [0.15, 0.2) is 0 Å². The summed E-state index contributed by atoms with van der Waals surface area (Å²) in [5.74, 6) is 0. The highest BCUT2D eigenvalue weighted by Gasteiger charge is 2.38. The van der Waals surface area contributed by atoms with Gasteiger partial charge in [0.25, 0.3) is 0 Å². The zero-order chi connectivity index (χ0) is 11.5. The van der Waals surface area contributed by atoms with Crippen molar-refractivity contribution in [2.75, 3.05) is 20.1 Å². The van der Waals surface area contributed by atoms with Gasteiger partial charge in [-0.2, -0.15) is 0 Å². The van der Waals surface area contributed by atoms with Crippen LogP contribution in [0.15, 0.2) is 11.3 Å². The van der Waals surface area contributed by atoms with E-state index in [-0.39, 0.29) is 0 Å². The lowest BCUT2D eigenvalue weighted by Crippen LogP contribution is -2.29. The van der Waals surface area contributed by atoms with E-state index < -0.39 is 0 Å². The summed E-state index contributed by atoms with van der Waals surface area (Å²) in [6, 6.07) is 0. The Balaban J connectivity index is 0.000000531. The second-order valence-electron chi connectivity index (χ2n) is 4.97. The van der Waals surface area contributed by atoms with E-state index in [1.165, 1.54) is 37.9 Å². The van der Waals surface area contributed by atoms with Gasteiger partial charge < -0.3 is 10.6 Å². The van der Waals surface area contributed by atoms with Crippen LogP contribution in [0, 0.1) is 5.41 Å². The quantitative estimate of drug-likeness (QED) is 0.666. The highest BCUT2D eigenvalue weighted by molar-refractivity contribution is 5.17. The Labute approximate surface area is 94.5 Å². The number of nitrogens with zero attached hydrogens (tertiary/aromatic N) is 1. The monoisotopic (exact) mass is 210 g/mol. The highest BCUT2D eigenvalue weighted by atomic mass is 15.1. The normalized spacial score (nSPS) is 31.7. The van der Waals surface area contributed by atoms with Crippen LogP contribution in [0.1, 0.15) is 46.5 Å². The topological polar surface area (TPSA) is 29.3 Å². The fourth-order valence-electron chi connectivity index (χ4n) is 2.88. The molecule has 1 heterocycles. The molecule has 0 saturated carbocycles. The van der Waals surface area contributed by atoms with E-state index in [1.807, 2.05) is 13.8 Å². The molecule has 1 unspecified atom stereocenters. The molecule has 0 radical (unpaired) electrons. The SMILES string of the molecule is CC.CC1=C(N)CCC2(CCN(C)C2)C1. The van der Waals surface area contributed by atoms with Crippen molar-refractivity contribution in [3.8, 4) is 0 Å². The van der Waals surface area contributed by atoms with E-state index in [9.17, 15) is 0 Å². The van der Waals surface area contributed by atoms with E-state index in [1.54, 1.807) is 0 Å². The van der Waals surface area contributed by atoms with Gasteiger partial charge >= 0.3 is 0 Å². The van der Waals surface area contributed by atoms with Gasteiger partial charge in [-0.1, -0.05) is 19.4 Å². The maximum absolute atomic E-state index is 5.93. The molecule has 0 amide bonds. The molecule has 1 atom stereocenters. The first kappa shape index (κ1) is 12.6. The largest absolute Gasteiger partial charge is 0.402 e. The maximum Gasteiger partial charge on any atom is 0.00700 e. The molecule has 2 aliphatic rings. The zero-order valence-electron chi connectivity index (χ0n) is 10.8. The Kier molecular flexibility index (Phi) is 4.21. The minimum absolute atomic E-state index is 0.585. The molecule has 1 saturated heterocycles. The smallest absolute Gasteiger partial charge is 0.00700 e. The number of hydrogen-bond donors (Lipinski definition) is 1. The van der Waals surface area contributed by atoms with E-state index in [2.05, 4.69) is 18.9 Å². The van der Waals surface area contributed by atoms with Crippen molar-refractivity contribution in [3.63, 3.8) is 0 Å². The summed E-state index contributed by atoms with van der Waals surface area (Å²) in [4.78, 5) is 2.45. The molecule has 2 N–H and O–H groups in total. The Morgan fingerprint density at radius 2 is 1.93 bits per heavy atom. The molecule has 1 aliphatic heterocycles. The van der Waals surface area contributed by atoms with Crippen LogP contribution in [0.3, 0.4) is 0 Å². The summed E-state index contributed by atoms with van der Waals surface area (Å²) >= 11 is 0. The number of allylic oxidation sites excluding steroid dienone is 2. The molecule has 1 fully saturated rings. The second-order valence-corrected chi connectivity index (χ2v) is 4.97. The van der Waals surface area contributed by atoms with Crippen molar-refractivity contribution < 1.29 is 0 Å². The third-order valence-corrected chi connectivity index (χ3v) is 3.74. The van der Waals surface area contributed by atoms with Gasteiger partial charge in [-0.05, 0) is 51.6 Å². The molecule has 1 spiro atoms. The number of hydrogen-bond acceptors (Lipinski definition) is 2. The van der Waals surface area contributed by atoms with Crippen molar-refractivity contribution in [2.45, 2.75) is 46.5 Å². The lowest BCUT2D eigenvalue weighted by Gasteiger charge is -2.34. The molecule has 88 valence electrons. The van der Waals surface area contributed by atoms with E-state index in [4.69, 9.17) is 5.73 Å². The number of likely N-dealkylation sites (tertiary alicyclic amines) is 1. The average Bonchev–Trinajstić information content (AvgIpc) is 2.58. The highest BCUT2D eigenvalue weighted by Crippen LogP contribution is 2.44. The molecule has 1 aliphatic carbocycles. The minimum atomic E-state index is 0.585. The van der Waals surface area contributed by atoms with Gasteiger partial charge in [-0.15, -0.1) is 0 Å². The van der Waals surface area contributed by atoms with Crippen LogP contribution >= 0.6 is 0 Å². The van der Waals surface area contributed by atoms with Gasteiger partial charge in [0.1, 0.15) is 0 Å². The summed E-state index contributed by atoms with van der Waals surface area (Å²) in [5, 5.41) is 0. The fourth-order valence-corrected chi connectivity index (χ4v) is 2.88. The summed E-state index contributed by atoms with van der Waals surface area (Å²) in [6.07, 6.45) is 5.04. The first-order valence-electron chi connectivity index (χ1n) is 6.24. The van der Waals surface area contributed by atoms with E-state index in [0.717, 1.165) is 12.1 Å². The summed E-state index contributed by atoms with van der Waals surface area (Å²) in [7, 11) is 2.23. The van der Waals surface area contributed by atoms with Gasteiger partial charge in [0, 0.05) is 12.2 Å². The van der Waals surface area contributed by atoms with Gasteiger partial charge in [0.2, 0.25) is 0 Å². The van der Waals surface area contributed by atoms with Crippen LogP contribution in [-0.4, -0.2) is 25.0 Å². The van der Waals surface area contributed by atoms with Crippen LogP contribution < -0.4 is 5.73 Å². The first-order chi connectivity index (χ1) is 7.11. The van der Waals surface area contributed by atoms with Crippen molar-refractivity contribution in [3.05, 3.63) is 11.3 Å². The van der Waals surface area contributed by atoms with E-state index >= 15 is 0 Å². The summed E-state index contributed by atoms with van der Waals surface area (Å²) < 4.78 is 0. The third-order valence-electron chi connectivity index (χ3n) is 3.74. The van der Waals surface area contributed by atoms with Crippen molar-refractivity contribution in [1.29, 1.82) is 0 Å². The molecule has 15 heavy (non-hydrogen) atoms. The second kappa shape index (κ2) is 5.02. The molecule has 0 bridgehead atoms. The fraction of sp³-hybridized carbons (Fsp3) is 0.846. The Bertz CT molecular complexity index is 245. The molecular formula is C13H26N2. The standard InChI is InChI=1S/C11H20N2.C2H6/c1-9-7-11(4-3-10(9)12)5-6-13(2)8-11;1-2/h3-8,12H2,1-2H3;1-2H3. The summed E-state index contributed by atoms with van der Waals surface area (Å²) in [6.45, 7) is 8.75. The summed E-state index contributed by atoms with van der Waals surface area (Å²) in [5.41, 5.74) is 9.11. The van der Waals surface area contributed by atoms with Gasteiger partial charge in [-0.3, -0.25) is 0 Å².